The van der Waals surface area contributed by atoms with Gasteiger partial charge in [-0.3, -0.25) is 0 Å². The van der Waals surface area contributed by atoms with Gasteiger partial charge in [0.05, 0.1) is 37.1 Å². The molecule has 12 atom stereocenters. The van der Waals surface area contributed by atoms with Crippen molar-refractivity contribution in [1.29, 1.82) is 0 Å². The van der Waals surface area contributed by atoms with Crippen LogP contribution in [0.4, 0.5) is 0 Å². The van der Waals surface area contributed by atoms with Crippen molar-refractivity contribution >= 4 is 5.97 Å². The number of hydrogen-bond donors (Lipinski definition) is 8. The minimum Gasteiger partial charge on any atom is -0.456 e. The van der Waals surface area contributed by atoms with Gasteiger partial charge < -0.3 is 51.0 Å². The highest BCUT2D eigenvalue weighted by Crippen LogP contribution is 2.63. The molecule has 4 aliphatic rings. The van der Waals surface area contributed by atoms with Gasteiger partial charge in [-0.05, 0) is 23.6 Å². The molecule has 0 aromatic heterocycles. The topological polar surface area (TPSA) is 203 Å². The number of nitrogens with two attached hydrogens (primary N) is 1. The fraction of sp³-hybridized carbons (Fsp3) is 0.690. The molecular weight excluding hydrogens is 522 g/mol. The molecule has 0 radical (unpaired) electrons. The van der Waals surface area contributed by atoms with Crippen molar-refractivity contribution in [3.05, 3.63) is 47.0 Å². The first kappa shape index (κ1) is 29.6. The zero-order valence-corrected chi connectivity index (χ0v) is 23.1. The van der Waals surface area contributed by atoms with Crippen molar-refractivity contribution < 1.29 is 50.0 Å². The highest BCUT2D eigenvalue weighted by Gasteiger charge is 2.74. The normalized spacial score (nSPS) is 45.6. The molecule has 1 heterocycles. The molecular formula is C29H41NO10. The first-order chi connectivity index (χ1) is 18.5. The van der Waals surface area contributed by atoms with Gasteiger partial charge in [0.2, 0.25) is 0 Å². The molecule has 5 rings (SSSR count). The zero-order chi connectivity index (χ0) is 29.6. The van der Waals surface area contributed by atoms with Crippen molar-refractivity contribution in [3.63, 3.8) is 0 Å². The standard InChI is InChI=1S/C29H41NO10/c1-13-15(40-25(36)21(33)19(30)14-8-6-5-7-9-14)11-29(38)24(35)22-27(4,16(31)10-17-28(22,37)12-39-17)23(34)20(32)18(13)26(29,2)3/h5-9,15-17,19-24,31-35,37-38H,10-12,30H2,1-4H3. The van der Waals surface area contributed by atoms with Crippen LogP contribution in [-0.4, -0.2) is 102 Å². The maximum Gasteiger partial charge on any atom is 0.337 e. The van der Waals surface area contributed by atoms with E-state index < -0.39 is 82.7 Å². The van der Waals surface area contributed by atoms with E-state index in [0.717, 1.165) is 0 Å². The number of carbonyl (C=O) groups excluding carboxylic acids is 1. The molecule has 3 aliphatic carbocycles. The van der Waals surface area contributed by atoms with Gasteiger partial charge in [-0.2, -0.15) is 0 Å². The predicted molar refractivity (Wildman–Crippen MR) is 140 cm³/mol. The lowest BCUT2D eigenvalue weighted by atomic mass is 9.44. The van der Waals surface area contributed by atoms with Crippen LogP contribution in [0.1, 0.15) is 52.1 Å². The smallest absolute Gasteiger partial charge is 0.337 e. The maximum absolute atomic E-state index is 13.1. The Hall–Kier alpha value is -1.93. The highest BCUT2D eigenvalue weighted by atomic mass is 16.6. The summed E-state index contributed by atoms with van der Waals surface area (Å²) in [5.41, 5.74) is 0.267. The Bertz CT molecular complexity index is 1190. The number of esters is 1. The lowest BCUT2D eigenvalue weighted by Gasteiger charge is -2.68. The van der Waals surface area contributed by atoms with E-state index in [4.69, 9.17) is 15.2 Å². The van der Waals surface area contributed by atoms with Gasteiger partial charge in [-0.25, -0.2) is 4.79 Å². The van der Waals surface area contributed by atoms with Crippen molar-refractivity contribution in [2.24, 2.45) is 22.5 Å². The number of aliphatic hydroxyl groups excluding tert-OH is 5. The summed E-state index contributed by atoms with van der Waals surface area (Å²) in [4.78, 5) is 13.1. The van der Waals surface area contributed by atoms with E-state index >= 15 is 0 Å². The van der Waals surface area contributed by atoms with Crippen molar-refractivity contribution in [1.82, 2.24) is 0 Å². The van der Waals surface area contributed by atoms with Crippen LogP contribution in [0.2, 0.25) is 0 Å². The molecule has 3 fully saturated rings. The summed E-state index contributed by atoms with van der Waals surface area (Å²) < 4.78 is 11.2. The van der Waals surface area contributed by atoms with Gasteiger partial charge in [-0.1, -0.05) is 51.1 Å². The molecule has 1 aliphatic heterocycles. The van der Waals surface area contributed by atoms with Crippen LogP contribution in [0.3, 0.4) is 0 Å². The molecule has 11 nitrogen and oxygen atoms in total. The SMILES string of the molecule is CC1=C2C(O)C(O)C3(C)C(O)CC4OCC4(O)C3C(O)C(O)(CC1OC(=O)C(O)C(N)c1ccccc1)C2(C)C. The van der Waals surface area contributed by atoms with Gasteiger partial charge in [0.15, 0.2) is 6.10 Å². The summed E-state index contributed by atoms with van der Waals surface area (Å²) in [7, 11) is 0. The molecule has 222 valence electrons. The first-order valence-electron chi connectivity index (χ1n) is 13.7. The third-order valence-corrected chi connectivity index (χ3v) is 10.7. The van der Waals surface area contributed by atoms with E-state index in [1.807, 2.05) is 0 Å². The van der Waals surface area contributed by atoms with Crippen molar-refractivity contribution in [2.45, 2.75) is 101 Å². The van der Waals surface area contributed by atoms with Gasteiger partial charge in [-0.15, -0.1) is 0 Å². The summed E-state index contributed by atoms with van der Waals surface area (Å²) in [6.07, 6.45) is -10.5. The minimum absolute atomic E-state index is 0.0281. The number of aliphatic hydroxyl groups is 7. The third kappa shape index (κ3) is 3.80. The van der Waals surface area contributed by atoms with Gasteiger partial charge in [0.1, 0.15) is 23.4 Å². The quantitative estimate of drug-likeness (QED) is 0.166. The molecule has 2 bridgehead atoms. The van der Waals surface area contributed by atoms with Crippen LogP contribution in [-0.2, 0) is 14.3 Å². The molecule has 12 unspecified atom stereocenters. The molecule has 2 saturated carbocycles. The van der Waals surface area contributed by atoms with E-state index in [0.29, 0.717) is 11.1 Å². The minimum atomic E-state index is -2.11. The van der Waals surface area contributed by atoms with Crippen LogP contribution in [0, 0.1) is 16.7 Å². The molecule has 1 aromatic carbocycles. The molecule has 40 heavy (non-hydrogen) atoms. The summed E-state index contributed by atoms with van der Waals surface area (Å²) in [6, 6.07) is 7.41. The number of carbonyl (C=O) groups is 1. The number of rotatable bonds is 4. The lowest BCUT2D eigenvalue weighted by Crippen LogP contribution is -2.81. The largest absolute Gasteiger partial charge is 0.456 e. The predicted octanol–water partition coefficient (Wildman–Crippen LogP) is -0.950. The average Bonchev–Trinajstić information content (AvgIpc) is 2.91. The Labute approximate surface area is 232 Å². The second kappa shape index (κ2) is 9.55. The average molecular weight is 564 g/mol. The van der Waals surface area contributed by atoms with Crippen LogP contribution in [0.15, 0.2) is 41.5 Å². The second-order valence-electron chi connectivity index (χ2n) is 12.9. The van der Waals surface area contributed by atoms with Crippen LogP contribution >= 0.6 is 0 Å². The van der Waals surface area contributed by atoms with E-state index in [-0.39, 0.29) is 25.0 Å². The molecule has 11 heteroatoms. The third-order valence-electron chi connectivity index (χ3n) is 10.7. The summed E-state index contributed by atoms with van der Waals surface area (Å²) in [5.74, 6) is -2.38. The fourth-order valence-electron chi connectivity index (χ4n) is 7.93. The molecule has 1 saturated heterocycles. The number of hydrogen-bond acceptors (Lipinski definition) is 11. The van der Waals surface area contributed by atoms with Crippen LogP contribution in [0.25, 0.3) is 0 Å². The molecule has 9 N–H and O–H groups in total. The summed E-state index contributed by atoms with van der Waals surface area (Å²) in [5, 5.41) is 81.1. The van der Waals surface area contributed by atoms with Gasteiger partial charge >= 0.3 is 5.97 Å². The second-order valence-corrected chi connectivity index (χ2v) is 12.9. The maximum atomic E-state index is 13.1. The molecule has 1 aromatic rings. The Kier molecular flexibility index (Phi) is 7.06. The lowest BCUT2D eigenvalue weighted by molar-refractivity contribution is -0.364. The first-order valence-corrected chi connectivity index (χ1v) is 13.7. The molecule has 0 spiro atoms. The van der Waals surface area contributed by atoms with Crippen molar-refractivity contribution in [2.75, 3.05) is 6.61 Å². The number of fused-ring (bicyclic) bond motifs is 5. The highest BCUT2D eigenvalue weighted by molar-refractivity contribution is 5.76. The zero-order valence-electron chi connectivity index (χ0n) is 23.1. The van der Waals surface area contributed by atoms with Gasteiger partial charge in [0, 0.05) is 29.6 Å². The monoisotopic (exact) mass is 563 g/mol. The summed E-state index contributed by atoms with van der Waals surface area (Å²) in [6.45, 7) is 6.08. The Morgan fingerprint density at radius 3 is 2.27 bits per heavy atom. The number of ether oxygens (including phenoxy) is 2. The molecule has 0 amide bonds. The number of benzene rings is 1. The Morgan fingerprint density at radius 2 is 1.70 bits per heavy atom. The Morgan fingerprint density at radius 1 is 1.07 bits per heavy atom. The van der Waals surface area contributed by atoms with Crippen LogP contribution < -0.4 is 5.73 Å². The van der Waals surface area contributed by atoms with E-state index in [1.165, 1.54) is 6.92 Å². The summed E-state index contributed by atoms with van der Waals surface area (Å²) >= 11 is 0. The van der Waals surface area contributed by atoms with E-state index in [1.54, 1.807) is 51.1 Å². The van der Waals surface area contributed by atoms with E-state index in [2.05, 4.69) is 0 Å². The van der Waals surface area contributed by atoms with Crippen LogP contribution in [0.5, 0.6) is 0 Å². The Balaban J connectivity index is 1.57. The van der Waals surface area contributed by atoms with Crippen molar-refractivity contribution in [3.8, 4) is 0 Å². The fourth-order valence-corrected chi connectivity index (χ4v) is 7.93. The van der Waals surface area contributed by atoms with Gasteiger partial charge in [0.25, 0.3) is 0 Å². The van der Waals surface area contributed by atoms with E-state index in [9.17, 15) is 40.5 Å².